The van der Waals surface area contributed by atoms with Gasteiger partial charge in [0.05, 0.1) is 16.8 Å². The summed E-state index contributed by atoms with van der Waals surface area (Å²) in [5, 5.41) is 6.99. The van der Waals surface area contributed by atoms with Crippen LogP contribution in [0.4, 0.5) is 17.1 Å². The second-order valence-electron chi connectivity index (χ2n) is 14.8. The molecule has 2 nitrogen and oxygen atoms in total. The quantitative estimate of drug-likeness (QED) is 0.162. The van der Waals surface area contributed by atoms with E-state index in [-0.39, 0.29) is 0 Å². The molecule has 0 saturated heterocycles. The first kappa shape index (κ1) is 33.6. The minimum Gasteiger partial charge on any atom is -0.455 e. The van der Waals surface area contributed by atoms with E-state index in [0.717, 1.165) is 61.3 Å². The van der Waals surface area contributed by atoms with Crippen LogP contribution in [0, 0.1) is 0 Å². The van der Waals surface area contributed by atoms with E-state index in [9.17, 15) is 0 Å². The molecule has 1 aromatic heterocycles. The molecule has 1 heterocycles. The predicted octanol–water partition coefficient (Wildman–Crippen LogP) is 16.0. The summed E-state index contributed by atoms with van der Waals surface area (Å²) < 4.78 is 6.91. The molecule has 0 spiro atoms. The highest BCUT2D eigenvalue weighted by Crippen LogP contribution is 2.49. The first-order chi connectivity index (χ1) is 28.8. The van der Waals surface area contributed by atoms with Crippen molar-refractivity contribution in [2.45, 2.75) is 0 Å². The van der Waals surface area contributed by atoms with E-state index in [4.69, 9.17) is 4.42 Å². The Labute approximate surface area is 337 Å². The Morgan fingerprint density at radius 2 is 0.776 bits per heavy atom. The van der Waals surface area contributed by atoms with Crippen molar-refractivity contribution in [2.75, 3.05) is 4.90 Å². The number of benzene rings is 10. The van der Waals surface area contributed by atoms with Crippen LogP contribution in [0.1, 0.15) is 0 Å². The molecule has 0 fully saturated rings. The molecular formula is C56H37NO. The molecule has 0 N–H and O–H groups in total. The first-order valence-electron chi connectivity index (χ1n) is 19.8. The van der Waals surface area contributed by atoms with Gasteiger partial charge in [0.15, 0.2) is 0 Å². The maximum atomic E-state index is 6.91. The number of anilines is 3. The summed E-state index contributed by atoms with van der Waals surface area (Å²) in [7, 11) is 0. The van der Waals surface area contributed by atoms with Gasteiger partial charge in [0.2, 0.25) is 0 Å². The summed E-state index contributed by atoms with van der Waals surface area (Å²) in [4.78, 5) is 2.43. The maximum Gasteiger partial charge on any atom is 0.145 e. The van der Waals surface area contributed by atoms with Crippen molar-refractivity contribution in [1.29, 1.82) is 0 Å². The topological polar surface area (TPSA) is 16.4 Å². The van der Waals surface area contributed by atoms with Crippen LogP contribution >= 0.6 is 0 Å². The highest BCUT2D eigenvalue weighted by atomic mass is 16.3. The molecule has 0 saturated carbocycles. The van der Waals surface area contributed by atoms with Gasteiger partial charge in [-0.05, 0) is 91.3 Å². The van der Waals surface area contributed by atoms with Crippen molar-refractivity contribution in [2.24, 2.45) is 0 Å². The third kappa shape index (κ3) is 5.74. The van der Waals surface area contributed by atoms with Crippen molar-refractivity contribution in [3.05, 3.63) is 224 Å². The zero-order valence-electron chi connectivity index (χ0n) is 31.7. The van der Waals surface area contributed by atoms with Gasteiger partial charge in [-0.25, -0.2) is 0 Å². The van der Waals surface area contributed by atoms with Gasteiger partial charge in [-0.1, -0.05) is 188 Å². The molecule has 11 aromatic rings. The van der Waals surface area contributed by atoms with E-state index >= 15 is 0 Å². The minimum absolute atomic E-state index is 0.864. The number of fused-ring (bicyclic) bond motifs is 5. The first-order valence-corrected chi connectivity index (χ1v) is 19.8. The van der Waals surface area contributed by atoms with Gasteiger partial charge in [-0.15, -0.1) is 0 Å². The summed E-state index contributed by atoms with van der Waals surface area (Å²) in [5.74, 6) is 0. The second kappa shape index (κ2) is 14.1. The molecule has 10 aromatic carbocycles. The van der Waals surface area contributed by atoms with Crippen LogP contribution in [0.15, 0.2) is 229 Å². The number of nitrogens with zero attached hydrogens (tertiary/aromatic N) is 1. The Morgan fingerprint density at radius 3 is 1.45 bits per heavy atom. The van der Waals surface area contributed by atoms with E-state index in [0.29, 0.717) is 0 Å². The van der Waals surface area contributed by atoms with Crippen LogP contribution in [0.3, 0.4) is 0 Å². The number of para-hydroxylation sites is 2. The van der Waals surface area contributed by atoms with E-state index in [1.807, 2.05) is 0 Å². The number of furan rings is 1. The number of hydrogen-bond acceptors (Lipinski definition) is 2. The molecule has 11 rings (SSSR count). The van der Waals surface area contributed by atoms with Crippen LogP contribution in [-0.2, 0) is 0 Å². The van der Waals surface area contributed by atoms with Crippen molar-refractivity contribution in [1.82, 2.24) is 0 Å². The lowest BCUT2D eigenvalue weighted by molar-refractivity contribution is 0.670. The normalized spacial score (nSPS) is 11.4. The third-order valence-electron chi connectivity index (χ3n) is 11.5. The molecule has 0 aliphatic rings. The monoisotopic (exact) mass is 739 g/mol. The largest absolute Gasteiger partial charge is 0.455 e. The average molecular weight is 740 g/mol. The SMILES string of the molecule is c1ccc(-c2ccc(-c3ccc(N(c4ccccc4-c4cccc5ccccc45)c4ccc(-c5cccc6ccccc56)c5oc6ccccc6c45)cc3)cc2)cc1. The summed E-state index contributed by atoms with van der Waals surface area (Å²) in [6.07, 6.45) is 0. The zero-order valence-corrected chi connectivity index (χ0v) is 31.7. The lowest BCUT2D eigenvalue weighted by Crippen LogP contribution is -2.12. The minimum atomic E-state index is 0.864. The highest BCUT2D eigenvalue weighted by molar-refractivity contribution is 6.19. The Kier molecular flexibility index (Phi) is 8.19. The Morgan fingerprint density at radius 1 is 0.293 bits per heavy atom. The zero-order chi connectivity index (χ0) is 38.4. The summed E-state index contributed by atoms with van der Waals surface area (Å²) in [6, 6.07) is 80.6. The van der Waals surface area contributed by atoms with Crippen LogP contribution in [0.5, 0.6) is 0 Å². The van der Waals surface area contributed by atoms with Crippen LogP contribution < -0.4 is 4.90 Å². The summed E-state index contributed by atoms with van der Waals surface area (Å²) in [6.45, 7) is 0. The summed E-state index contributed by atoms with van der Waals surface area (Å²) in [5.41, 5.74) is 14.3. The molecule has 0 unspecified atom stereocenters. The molecule has 0 bridgehead atoms. The van der Waals surface area contributed by atoms with Gasteiger partial charge >= 0.3 is 0 Å². The smallest absolute Gasteiger partial charge is 0.145 e. The van der Waals surface area contributed by atoms with Crippen LogP contribution in [-0.4, -0.2) is 0 Å². The van der Waals surface area contributed by atoms with E-state index in [1.54, 1.807) is 0 Å². The molecule has 0 atom stereocenters. The molecule has 0 radical (unpaired) electrons. The fourth-order valence-electron chi connectivity index (χ4n) is 8.72. The molecule has 0 amide bonds. The predicted molar refractivity (Wildman–Crippen MR) is 245 cm³/mol. The lowest BCUT2D eigenvalue weighted by atomic mass is 9.94. The standard InChI is InChI=1S/C56H37NO/c1-2-14-38(15-3-1)39-28-30-40(31-29-39)41-32-34-44(35-33-41)57(52-26-10-8-22-49(52)47-24-12-18-42-16-4-6-20-45(42)47)53-37-36-50(48-25-13-19-43-17-5-7-21-46(43)48)56-55(53)51-23-9-11-27-54(51)58-56/h1-37H. The van der Waals surface area contributed by atoms with Crippen molar-refractivity contribution in [3.8, 4) is 44.5 Å². The van der Waals surface area contributed by atoms with Crippen molar-refractivity contribution >= 4 is 60.5 Å². The highest BCUT2D eigenvalue weighted by Gasteiger charge is 2.25. The fourth-order valence-corrected chi connectivity index (χ4v) is 8.72. The van der Waals surface area contributed by atoms with Crippen molar-refractivity contribution in [3.63, 3.8) is 0 Å². The lowest BCUT2D eigenvalue weighted by Gasteiger charge is -2.29. The van der Waals surface area contributed by atoms with E-state index < -0.39 is 0 Å². The number of rotatable bonds is 7. The summed E-state index contributed by atoms with van der Waals surface area (Å²) >= 11 is 0. The number of hydrogen-bond donors (Lipinski definition) is 0. The fraction of sp³-hybridized carbons (Fsp3) is 0. The van der Waals surface area contributed by atoms with Gasteiger partial charge in [0.25, 0.3) is 0 Å². The van der Waals surface area contributed by atoms with E-state index in [1.165, 1.54) is 43.8 Å². The Hall–Kier alpha value is -7.68. The average Bonchev–Trinajstić information content (AvgIpc) is 3.70. The van der Waals surface area contributed by atoms with Gasteiger partial charge in [-0.3, -0.25) is 0 Å². The molecule has 272 valence electrons. The van der Waals surface area contributed by atoms with Gasteiger partial charge in [-0.2, -0.15) is 0 Å². The van der Waals surface area contributed by atoms with Crippen LogP contribution in [0.2, 0.25) is 0 Å². The maximum absolute atomic E-state index is 6.91. The van der Waals surface area contributed by atoms with Gasteiger partial charge in [0.1, 0.15) is 11.2 Å². The third-order valence-corrected chi connectivity index (χ3v) is 11.5. The Balaban J connectivity index is 1.14. The molecule has 58 heavy (non-hydrogen) atoms. The van der Waals surface area contributed by atoms with Gasteiger partial charge < -0.3 is 9.32 Å². The van der Waals surface area contributed by atoms with Crippen molar-refractivity contribution < 1.29 is 4.42 Å². The van der Waals surface area contributed by atoms with Gasteiger partial charge in [0, 0.05) is 22.2 Å². The second-order valence-corrected chi connectivity index (χ2v) is 14.8. The molecular weight excluding hydrogens is 703 g/mol. The van der Waals surface area contributed by atoms with E-state index in [2.05, 4.69) is 229 Å². The van der Waals surface area contributed by atoms with Crippen LogP contribution in [0.25, 0.3) is 88.0 Å². The molecule has 2 heteroatoms. The Bertz CT molecular complexity index is 3260. The molecule has 0 aliphatic heterocycles. The molecule has 0 aliphatic carbocycles.